The summed E-state index contributed by atoms with van der Waals surface area (Å²) in [6.45, 7) is 3.90. The fourth-order valence-corrected chi connectivity index (χ4v) is 3.96. The minimum Gasteiger partial charge on any atom is -0.484 e. The molecule has 164 valence electrons. The Labute approximate surface area is 189 Å². The summed E-state index contributed by atoms with van der Waals surface area (Å²) in [6, 6.07) is 12.1. The van der Waals surface area contributed by atoms with Crippen molar-refractivity contribution in [2.24, 2.45) is 4.36 Å². The van der Waals surface area contributed by atoms with Crippen LogP contribution in [0.15, 0.2) is 65.5 Å². The summed E-state index contributed by atoms with van der Waals surface area (Å²) in [5.74, 6) is 0.628. The molecule has 0 saturated heterocycles. The lowest BCUT2D eigenvalue weighted by molar-refractivity contribution is 0.227. The number of hydrogen-bond acceptors (Lipinski definition) is 6. The van der Waals surface area contributed by atoms with Gasteiger partial charge in [-0.25, -0.2) is 18.7 Å². The molecule has 4 rings (SSSR count). The van der Waals surface area contributed by atoms with E-state index in [1.165, 1.54) is 18.5 Å². The van der Waals surface area contributed by atoms with E-state index in [9.17, 15) is 4.39 Å². The number of fused-ring (bicyclic) bond motifs is 1. The highest BCUT2D eigenvalue weighted by Crippen LogP contribution is 2.35. The molecule has 1 atom stereocenters. The maximum atomic E-state index is 14.0. The van der Waals surface area contributed by atoms with Crippen LogP contribution >= 0.6 is 0 Å². The lowest BCUT2D eigenvalue weighted by Gasteiger charge is -2.19. The maximum absolute atomic E-state index is 14.0. The van der Waals surface area contributed by atoms with E-state index >= 15 is 0 Å². The average Bonchev–Trinajstić information content (AvgIpc) is 2.75. The summed E-state index contributed by atoms with van der Waals surface area (Å²) in [6.07, 6.45) is 8.77. The molecule has 0 radical (unpaired) electrons. The number of anilines is 2. The Kier molecular flexibility index (Phi) is 6.41. The van der Waals surface area contributed by atoms with Crippen molar-refractivity contribution in [2.75, 3.05) is 17.8 Å². The zero-order valence-corrected chi connectivity index (χ0v) is 19.2. The Morgan fingerprint density at radius 1 is 1.12 bits per heavy atom. The molecule has 1 N–H and O–H groups in total. The zero-order chi connectivity index (χ0) is 22.7. The van der Waals surface area contributed by atoms with Crippen LogP contribution in [0.3, 0.4) is 0 Å². The SMILES string of the molecule is Cc1cc(N=S(C)C)cc2ncnc(Nc3ccc(F)cc3OC(C)c3cccnc3)c12. The first kappa shape index (κ1) is 21.8. The highest BCUT2D eigenvalue weighted by atomic mass is 32.2. The topological polar surface area (TPSA) is 72.3 Å². The van der Waals surface area contributed by atoms with Gasteiger partial charge in [-0.1, -0.05) is 6.07 Å². The molecular formula is C24H24FN5OS. The molecule has 2 aromatic carbocycles. The number of aryl methyl sites for hydroxylation is 1. The molecule has 0 spiro atoms. The molecule has 0 bridgehead atoms. The van der Waals surface area contributed by atoms with Crippen LogP contribution in [0.2, 0.25) is 0 Å². The second-order valence-corrected chi connectivity index (χ2v) is 9.29. The lowest BCUT2D eigenvalue weighted by Crippen LogP contribution is -2.06. The number of benzene rings is 2. The Bertz CT molecular complexity index is 1290. The molecule has 6 nitrogen and oxygen atoms in total. The van der Waals surface area contributed by atoms with Crippen molar-refractivity contribution in [3.8, 4) is 5.75 Å². The van der Waals surface area contributed by atoms with Crippen molar-refractivity contribution >= 4 is 38.8 Å². The molecule has 1 unspecified atom stereocenters. The Hall–Kier alpha value is -3.39. The summed E-state index contributed by atoms with van der Waals surface area (Å²) >= 11 is 0. The Balaban J connectivity index is 1.71. The number of halogens is 1. The number of aromatic nitrogens is 3. The highest BCUT2D eigenvalue weighted by molar-refractivity contribution is 7.85. The summed E-state index contributed by atoms with van der Waals surface area (Å²) in [4.78, 5) is 13.0. The normalized spacial score (nSPS) is 12.1. The average molecular weight is 450 g/mol. The van der Waals surface area contributed by atoms with Gasteiger partial charge in [0.1, 0.15) is 29.8 Å². The van der Waals surface area contributed by atoms with Crippen LogP contribution in [-0.2, 0) is 10.7 Å². The van der Waals surface area contributed by atoms with Gasteiger partial charge in [-0.05, 0) is 62.3 Å². The van der Waals surface area contributed by atoms with Crippen molar-refractivity contribution in [1.82, 2.24) is 15.0 Å². The number of rotatable bonds is 6. The summed E-state index contributed by atoms with van der Waals surface area (Å²) in [7, 11) is -0.0722. The van der Waals surface area contributed by atoms with Gasteiger partial charge in [0.2, 0.25) is 0 Å². The van der Waals surface area contributed by atoms with Crippen molar-refractivity contribution in [3.05, 3.63) is 78.1 Å². The van der Waals surface area contributed by atoms with Crippen LogP contribution in [0.1, 0.15) is 24.2 Å². The van der Waals surface area contributed by atoms with Gasteiger partial charge < -0.3 is 10.1 Å². The van der Waals surface area contributed by atoms with Crippen molar-refractivity contribution in [2.45, 2.75) is 20.0 Å². The molecule has 0 aliphatic carbocycles. The molecule has 2 heterocycles. The molecule has 2 aromatic heterocycles. The van der Waals surface area contributed by atoms with Gasteiger partial charge in [0.15, 0.2) is 0 Å². The molecule has 32 heavy (non-hydrogen) atoms. The summed E-state index contributed by atoms with van der Waals surface area (Å²) < 4.78 is 24.8. The number of nitrogens with zero attached hydrogens (tertiary/aromatic N) is 4. The van der Waals surface area contributed by atoms with E-state index in [1.807, 2.05) is 38.1 Å². The minimum atomic E-state index is -0.381. The fourth-order valence-electron chi connectivity index (χ4n) is 3.43. The molecular weight excluding hydrogens is 425 g/mol. The molecule has 8 heteroatoms. The maximum Gasteiger partial charge on any atom is 0.146 e. The summed E-state index contributed by atoms with van der Waals surface area (Å²) in [5.41, 5.74) is 4.19. The first-order valence-electron chi connectivity index (χ1n) is 10.1. The number of nitrogens with one attached hydrogen (secondary N) is 1. The van der Waals surface area contributed by atoms with E-state index in [1.54, 1.807) is 18.5 Å². The highest BCUT2D eigenvalue weighted by Gasteiger charge is 2.15. The van der Waals surface area contributed by atoms with Crippen molar-refractivity contribution in [1.29, 1.82) is 0 Å². The van der Waals surface area contributed by atoms with Gasteiger partial charge in [0.25, 0.3) is 0 Å². The van der Waals surface area contributed by atoms with Crippen LogP contribution in [0.4, 0.5) is 21.6 Å². The molecule has 0 saturated carbocycles. The van der Waals surface area contributed by atoms with Gasteiger partial charge in [-0.15, -0.1) is 10.7 Å². The molecule has 0 amide bonds. The largest absolute Gasteiger partial charge is 0.484 e. The van der Waals surface area contributed by atoms with Crippen molar-refractivity contribution < 1.29 is 9.13 Å². The standard InChI is InChI=1S/C24H24FN5OS/c1-15-10-19(30-32(3)4)12-21-23(15)24(28-14-27-21)29-20-8-7-18(25)11-22(20)31-16(2)17-6-5-9-26-13-17/h5-14,16H,1-4H3,(H,27,28,29). The predicted octanol–water partition coefficient (Wildman–Crippen LogP) is 6.05. The molecule has 0 aliphatic rings. The van der Waals surface area contributed by atoms with Crippen molar-refractivity contribution in [3.63, 3.8) is 0 Å². The van der Waals surface area contributed by atoms with Gasteiger partial charge in [0, 0.05) is 29.4 Å². The van der Waals surface area contributed by atoms with Gasteiger partial charge in [-0.3, -0.25) is 4.98 Å². The van der Waals surface area contributed by atoms with Gasteiger partial charge >= 0.3 is 0 Å². The van der Waals surface area contributed by atoms with E-state index in [0.29, 0.717) is 17.3 Å². The molecule has 4 aromatic rings. The van der Waals surface area contributed by atoms with E-state index in [0.717, 1.165) is 27.7 Å². The number of pyridine rings is 1. The lowest BCUT2D eigenvalue weighted by atomic mass is 10.1. The van der Waals surface area contributed by atoms with Gasteiger partial charge in [-0.2, -0.15) is 0 Å². The fraction of sp³-hybridized carbons (Fsp3) is 0.208. The second kappa shape index (κ2) is 9.40. The van der Waals surface area contributed by atoms with Crippen LogP contribution in [0.25, 0.3) is 10.9 Å². The third-order valence-corrected chi connectivity index (χ3v) is 5.44. The van der Waals surface area contributed by atoms with Gasteiger partial charge in [0.05, 0.1) is 16.9 Å². The van der Waals surface area contributed by atoms with E-state index in [2.05, 4.69) is 37.1 Å². The van der Waals surface area contributed by atoms with Crippen LogP contribution in [0.5, 0.6) is 5.75 Å². The Morgan fingerprint density at radius 3 is 2.72 bits per heavy atom. The smallest absolute Gasteiger partial charge is 0.146 e. The summed E-state index contributed by atoms with van der Waals surface area (Å²) in [5, 5.41) is 4.20. The zero-order valence-electron chi connectivity index (χ0n) is 18.3. The number of ether oxygens (including phenoxy) is 1. The van der Waals surface area contributed by atoms with Crippen LogP contribution in [0, 0.1) is 12.7 Å². The van der Waals surface area contributed by atoms with Crippen LogP contribution < -0.4 is 10.1 Å². The quantitative estimate of drug-likeness (QED) is 0.388. The first-order chi connectivity index (χ1) is 15.4. The Morgan fingerprint density at radius 2 is 1.97 bits per heavy atom. The minimum absolute atomic E-state index is 0.0722. The molecule has 0 fully saturated rings. The second-order valence-electron chi connectivity index (χ2n) is 7.56. The molecule has 0 aliphatic heterocycles. The number of hydrogen-bond donors (Lipinski definition) is 1. The monoisotopic (exact) mass is 449 g/mol. The predicted molar refractivity (Wildman–Crippen MR) is 129 cm³/mol. The first-order valence-corrected chi connectivity index (χ1v) is 12.1. The van der Waals surface area contributed by atoms with E-state index in [-0.39, 0.29) is 22.6 Å². The van der Waals surface area contributed by atoms with E-state index in [4.69, 9.17) is 4.74 Å². The van der Waals surface area contributed by atoms with Crippen LogP contribution in [-0.4, -0.2) is 27.5 Å². The third-order valence-electron chi connectivity index (χ3n) is 4.86. The van der Waals surface area contributed by atoms with E-state index < -0.39 is 0 Å². The third kappa shape index (κ3) is 4.91.